The largest absolute Gasteiger partial charge is 0.478 e. The zero-order chi connectivity index (χ0) is 16.0. The Bertz CT molecular complexity index is 980. The minimum atomic E-state index is -1.07. The van der Waals surface area contributed by atoms with Crippen LogP contribution in [0.5, 0.6) is 0 Å². The fourth-order valence-electron chi connectivity index (χ4n) is 3.06. The number of ether oxygens (including phenoxy) is 1. The molecule has 0 aliphatic carbocycles. The second-order valence-corrected chi connectivity index (χ2v) is 5.76. The van der Waals surface area contributed by atoms with E-state index in [9.17, 15) is 9.59 Å². The number of aromatic carboxylic acids is 1. The van der Waals surface area contributed by atoms with Gasteiger partial charge in [-0.3, -0.25) is 4.79 Å². The summed E-state index contributed by atoms with van der Waals surface area (Å²) in [5.41, 5.74) is 1.82. The highest BCUT2D eigenvalue weighted by molar-refractivity contribution is 5.96. The van der Waals surface area contributed by atoms with Gasteiger partial charge in [-0.05, 0) is 42.3 Å². The molecule has 2 heterocycles. The Morgan fingerprint density at radius 1 is 1.09 bits per heavy atom. The van der Waals surface area contributed by atoms with E-state index in [0.29, 0.717) is 29.1 Å². The molecule has 116 valence electrons. The minimum Gasteiger partial charge on any atom is -0.478 e. The molecule has 0 radical (unpaired) electrons. The van der Waals surface area contributed by atoms with Crippen LogP contribution in [0.15, 0.2) is 45.6 Å². The molecule has 5 nitrogen and oxygen atoms in total. The predicted molar refractivity (Wildman–Crippen MR) is 85.1 cm³/mol. The number of benzene rings is 2. The van der Waals surface area contributed by atoms with Crippen molar-refractivity contribution in [2.24, 2.45) is 0 Å². The second-order valence-electron chi connectivity index (χ2n) is 5.76. The van der Waals surface area contributed by atoms with Crippen molar-refractivity contribution in [2.75, 3.05) is 13.2 Å². The summed E-state index contributed by atoms with van der Waals surface area (Å²) in [7, 11) is 0. The molecule has 0 bridgehead atoms. The zero-order valence-electron chi connectivity index (χ0n) is 12.2. The van der Waals surface area contributed by atoms with Crippen LogP contribution in [0, 0.1) is 0 Å². The summed E-state index contributed by atoms with van der Waals surface area (Å²) in [6.07, 6.45) is 0.938. The van der Waals surface area contributed by atoms with E-state index in [2.05, 4.69) is 0 Å². The monoisotopic (exact) mass is 310 g/mol. The molecule has 2 aromatic carbocycles. The van der Waals surface area contributed by atoms with Crippen molar-refractivity contribution < 1.29 is 19.1 Å². The van der Waals surface area contributed by atoms with Crippen molar-refractivity contribution in [3.63, 3.8) is 0 Å². The summed E-state index contributed by atoms with van der Waals surface area (Å²) >= 11 is 0. The maximum atomic E-state index is 12.7. The molecular weight excluding hydrogens is 296 g/mol. The molecule has 1 aliphatic heterocycles. The number of hydrogen-bond acceptors (Lipinski definition) is 4. The number of rotatable bonds is 2. The Hall–Kier alpha value is -2.66. The first-order valence-electron chi connectivity index (χ1n) is 7.45. The first kappa shape index (κ1) is 14.0. The molecule has 1 fully saturated rings. The lowest BCUT2D eigenvalue weighted by molar-refractivity contribution is 0.0697. The molecule has 4 rings (SSSR count). The van der Waals surface area contributed by atoms with Gasteiger partial charge in [0.25, 0.3) is 0 Å². The molecule has 1 unspecified atom stereocenters. The van der Waals surface area contributed by atoms with E-state index < -0.39 is 5.97 Å². The van der Waals surface area contributed by atoms with Crippen molar-refractivity contribution in [2.45, 2.75) is 12.3 Å². The molecule has 1 N–H and O–H groups in total. The Labute approximate surface area is 131 Å². The Balaban J connectivity index is 1.96. The van der Waals surface area contributed by atoms with Crippen LogP contribution in [0.4, 0.5) is 0 Å². The minimum absolute atomic E-state index is 0.0736. The Morgan fingerprint density at radius 2 is 1.83 bits per heavy atom. The van der Waals surface area contributed by atoms with Gasteiger partial charge in [0.1, 0.15) is 11.2 Å². The average molecular weight is 310 g/mol. The van der Waals surface area contributed by atoms with Crippen molar-refractivity contribution in [1.82, 2.24) is 0 Å². The SMILES string of the molecule is O=C(O)c1ccc2oc3ccc(C4CCOC4)cc3c(=O)c2c1. The molecule has 1 aliphatic rings. The number of carboxylic acids is 1. The zero-order valence-corrected chi connectivity index (χ0v) is 12.2. The molecule has 0 saturated carbocycles. The van der Waals surface area contributed by atoms with Crippen LogP contribution in [0.2, 0.25) is 0 Å². The second kappa shape index (κ2) is 5.21. The van der Waals surface area contributed by atoms with Crippen molar-refractivity contribution in [3.8, 4) is 0 Å². The molecule has 1 aromatic heterocycles. The van der Waals surface area contributed by atoms with E-state index in [1.54, 1.807) is 6.07 Å². The average Bonchev–Trinajstić information content (AvgIpc) is 3.09. The first-order chi connectivity index (χ1) is 11.1. The molecule has 0 spiro atoms. The van der Waals surface area contributed by atoms with E-state index in [0.717, 1.165) is 18.6 Å². The van der Waals surface area contributed by atoms with Crippen LogP contribution in [-0.4, -0.2) is 24.3 Å². The third kappa shape index (κ3) is 2.29. The summed E-state index contributed by atoms with van der Waals surface area (Å²) in [4.78, 5) is 23.8. The fraction of sp³-hybridized carbons (Fsp3) is 0.222. The third-order valence-electron chi connectivity index (χ3n) is 4.34. The van der Waals surface area contributed by atoms with Gasteiger partial charge < -0.3 is 14.3 Å². The summed E-state index contributed by atoms with van der Waals surface area (Å²) in [5.74, 6) is -0.775. The van der Waals surface area contributed by atoms with Crippen LogP contribution in [0.1, 0.15) is 28.3 Å². The van der Waals surface area contributed by atoms with Gasteiger partial charge in [-0.15, -0.1) is 0 Å². The number of carboxylic acid groups (broad SMARTS) is 1. The molecule has 3 aromatic rings. The quantitative estimate of drug-likeness (QED) is 0.736. The molecule has 23 heavy (non-hydrogen) atoms. The number of hydrogen-bond donors (Lipinski definition) is 1. The van der Waals surface area contributed by atoms with Gasteiger partial charge in [-0.1, -0.05) is 6.07 Å². The van der Waals surface area contributed by atoms with Crippen LogP contribution in [0.3, 0.4) is 0 Å². The molecule has 0 amide bonds. The van der Waals surface area contributed by atoms with Gasteiger partial charge in [0, 0.05) is 12.5 Å². The summed E-state index contributed by atoms with van der Waals surface area (Å²) in [5, 5.41) is 9.85. The predicted octanol–water partition coefficient (Wildman–Crippen LogP) is 3.15. The lowest BCUT2D eigenvalue weighted by atomic mass is 9.96. The van der Waals surface area contributed by atoms with E-state index in [1.165, 1.54) is 18.2 Å². The standard InChI is InChI=1S/C18H14O5/c19-17-13-7-10(12-5-6-22-9-12)1-3-15(13)23-16-4-2-11(18(20)21)8-14(16)17/h1-4,7-8,12H,5-6,9H2,(H,20,21). The maximum absolute atomic E-state index is 12.7. The Kier molecular flexibility index (Phi) is 3.16. The molecule has 1 atom stereocenters. The summed E-state index contributed by atoms with van der Waals surface area (Å²) in [6, 6.07) is 9.93. The van der Waals surface area contributed by atoms with Crippen LogP contribution < -0.4 is 5.43 Å². The molecular formula is C18H14O5. The van der Waals surface area contributed by atoms with E-state index in [4.69, 9.17) is 14.3 Å². The lowest BCUT2D eigenvalue weighted by Gasteiger charge is -2.09. The smallest absolute Gasteiger partial charge is 0.335 e. The fourth-order valence-corrected chi connectivity index (χ4v) is 3.06. The Morgan fingerprint density at radius 3 is 2.52 bits per heavy atom. The maximum Gasteiger partial charge on any atom is 0.335 e. The van der Waals surface area contributed by atoms with Gasteiger partial charge in [-0.25, -0.2) is 4.79 Å². The third-order valence-corrected chi connectivity index (χ3v) is 4.34. The van der Waals surface area contributed by atoms with Crippen molar-refractivity contribution in [3.05, 3.63) is 57.7 Å². The van der Waals surface area contributed by atoms with Gasteiger partial charge in [0.05, 0.1) is 22.9 Å². The van der Waals surface area contributed by atoms with Crippen molar-refractivity contribution in [1.29, 1.82) is 0 Å². The first-order valence-corrected chi connectivity index (χ1v) is 7.45. The summed E-state index contributed by atoms with van der Waals surface area (Å²) in [6.45, 7) is 1.39. The molecule has 5 heteroatoms. The van der Waals surface area contributed by atoms with Gasteiger partial charge in [0.2, 0.25) is 5.43 Å². The van der Waals surface area contributed by atoms with Crippen molar-refractivity contribution >= 4 is 27.9 Å². The van der Waals surface area contributed by atoms with Gasteiger partial charge >= 0.3 is 5.97 Å². The number of carbonyl (C=O) groups is 1. The highest BCUT2D eigenvalue weighted by atomic mass is 16.5. The normalized spacial score (nSPS) is 17.8. The van der Waals surface area contributed by atoms with Gasteiger partial charge in [0.15, 0.2) is 0 Å². The van der Waals surface area contributed by atoms with Crippen LogP contribution in [0.25, 0.3) is 21.9 Å². The van der Waals surface area contributed by atoms with Crippen LogP contribution >= 0.6 is 0 Å². The summed E-state index contributed by atoms with van der Waals surface area (Å²) < 4.78 is 11.2. The van der Waals surface area contributed by atoms with E-state index >= 15 is 0 Å². The van der Waals surface area contributed by atoms with Gasteiger partial charge in [-0.2, -0.15) is 0 Å². The highest BCUT2D eigenvalue weighted by Crippen LogP contribution is 2.28. The topological polar surface area (TPSA) is 76.7 Å². The van der Waals surface area contributed by atoms with Crippen LogP contribution in [-0.2, 0) is 4.74 Å². The highest BCUT2D eigenvalue weighted by Gasteiger charge is 2.19. The van der Waals surface area contributed by atoms with E-state index in [1.807, 2.05) is 12.1 Å². The van der Waals surface area contributed by atoms with E-state index in [-0.39, 0.29) is 16.4 Å². The number of fused-ring (bicyclic) bond motifs is 2. The lowest BCUT2D eigenvalue weighted by Crippen LogP contribution is -2.06. The molecule has 1 saturated heterocycles.